The van der Waals surface area contributed by atoms with Gasteiger partial charge in [0.15, 0.2) is 11.6 Å². The van der Waals surface area contributed by atoms with E-state index in [1.165, 1.54) is 7.11 Å². The van der Waals surface area contributed by atoms with Gasteiger partial charge in [-0.05, 0) is 31.1 Å². The number of carbonyl (C=O) groups is 1. The van der Waals surface area contributed by atoms with E-state index in [2.05, 4.69) is 4.74 Å². The third kappa shape index (κ3) is 3.58. The van der Waals surface area contributed by atoms with E-state index in [1.807, 2.05) is 6.92 Å². The molecule has 0 saturated heterocycles. The number of hydrogen-bond acceptors (Lipinski definition) is 3. The highest BCUT2D eigenvalue weighted by Gasteiger charge is 2.08. The van der Waals surface area contributed by atoms with E-state index in [1.54, 1.807) is 31.2 Å². The third-order valence-electron chi connectivity index (χ3n) is 2.55. The molecule has 0 unspecified atom stereocenters. The maximum Gasteiger partial charge on any atom is 0.333 e. The molecule has 98 valence electrons. The average Bonchev–Trinajstić information content (AvgIpc) is 2.38. The molecule has 1 rings (SSSR count). The van der Waals surface area contributed by atoms with E-state index < -0.39 is 0 Å². The van der Waals surface area contributed by atoms with E-state index >= 15 is 0 Å². The molecule has 0 aliphatic heterocycles. The number of carbonyl (C=O) groups excluding carboxylic acids is 1. The molecule has 0 fully saturated rings. The van der Waals surface area contributed by atoms with Crippen LogP contribution in [-0.2, 0) is 9.53 Å². The first kappa shape index (κ1) is 14.2. The van der Waals surface area contributed by atoms with Gasteiger partial charge in [-0.25, -0.2) is 9.18 Å². The van der Waals surface area contributed by atoms with Gasteiger partial charge in [0.2, 0.25) is 0 Å². The van der Waals surface area contributed by atoms with Crippen LogP contribution in [0.3, 0.4) is 0 Å². The highest BCUT2D eigenvalue weighted by Crippen LogP contribution is 2.19. The first-order valence-electron chi connectivity index (χ1n) is 5.75. The molecule has 4 heteroatoms. The molecule has 0 heterocycles. The van der Waals surface area contributed by atoms with Gasteiger partial charge in [0.05, 0.1) is 7.11 Å². The summed E-state index contributed by atoms with van der Waals surface area (Å²) < 4.78 is 23.5. The minimum atomic E-state index is -0.384. The largest absolute Gasteiger partial charge is 0.486 e. The van der Waals surface area contributed by atoms with Crippen molar-refractivity contribution in [1.82, 2.24) is 0 Å². The minimum Gasteiger partial charge on any atom is -0.486 e. The predicted octanol–water partition coefficient (Wildman–Crippen LogP) is 3.02. The molecule has 0 spiro atoms. The maximum absolute atomic E-state index is 13.6. The van der Waals surface area contributed by atoms with Gasteiger partial charge in [-0.1, -0.05) is 19.1 Å². The van der Waals surface area contributed by atoms with Crippen LogP contribution >= 0.6 is 0 Å². The zero-order valence-electron chi connectivity index (χ0n) is 10.8. The number of benzene rings is 1. The number of methoxy groups -OCH3 is 1. The van der Waals surface area contributed by atoms with Crippen LogP contribution in [0.5, 0.6) is 5.75 Å². The Labute approximate surface area is 106 Å². The number of ether oxygens (including phenoxy) is 2. The fourth-order valence-corrected chi connectivity index (χ4v) is 1.47. The van der Waals surface area contributed by atoms with E-state index in [0.29, 0.717) is 17.6 Å². The summed E-state index contributed by atoms with van der Waals surface area (Å²) in [6, 6.07) is 4.95. The van der Waals surface area contributed by atoms with Crippen LogP contribution in [0, 0.1) is 12.7 Å². The second kappa shape index (κ2) is 6.79. The lowest BCUT2D eigenvalue weighted by molar-refractivity contribution is -0.136. The highest BCUT2D eigenvalue weighted by molar-refractivity contribution is 5.88. The number of aryl methyl sites for hydroxylation is 1. The summed E-state index contributed by atoms with van der Waals surface area (Å²) in [6.45, 7) is 3.65. The summed E-state index contributed by atoms with van der Waals surface area (Å²) in [7, 11) is 1.33. The van der Waals surface area contributed by atoms with Crippen molar-refractivity contribution in [3.63, 3.8) is 0 Å². The SMILES string of the molecule is CC/C(=C/COc1cccc(C)c1F)C(=O)OC. The average molecular weight is 252 g/mol. The molecule has 0 saturated carbocycles. The Balaban J connectivity index is 2.68. The quantitative estimate of drug-likeness (QED) is 0.597. The summed E-state index contributed by atoms with van der Waals surface area (Å²) in [5.41, 5.74) is 1.05. The van der Waals surface area contributed by atoms with Gasteiger partial charge < -0.3 is 9.47 Å². The van der Waals surface area contributed by atoms with Gasteiger partial charge in [0, 0.05) is 5.57 Å². The molecule has 0 aromatic heterocycles. The van der Waals surface area contributed by atoms with Crippen molar-refractivity contribution in [3.05, 3.63) is 41.2 Å². The normalized spacial score (nSPS) is 11.2. The van der Waals surface area contributed by atoms with Gasteiger partial charge in [-0.2, -0.15) is 0 Å². The maximum atomic E-state index is 13.6. The van der Waals surface area contributed by atoms with Crippen LogP contribution in [-0.4, -0.2) is 19.7 Å². The highest BCUT2D eigenvalue weighted by atomic mass is 19.1. The molecular formula is C14H17FO3. The van der Waals surface area contributed by atoms with Crippen molar-refractivity contribution >= 4 is 5.97 Å². The van der Waals surface area contributed by atoms with Crippen LogP contribution in [0.25, 0.3) is 0 Å². The second-order valence-electron chi connectivity index (χ2n) is 3.77. The molecule has 3 nitrogen and oxygen atoms in total. The monoisotopic (exact) mass is 252 g/mol. The summed E-state index contributed by atoms with van der Waals surface area (Å²) in [4.78, 5) is 11.3. The molecule has 0 bridgehead atoms. The summed E-state index contributed by atoms with van der Waals surface area (Å²) >= 11 is 0. The number of rotatable bonds is 5. The van der Waals surface area contributed by atoms with Crippen molar-refractivity contribution in [3.8, 4) is 5.75 Å². The fourth-order valence-electron chi connectivity index (χ4n) is 1.47. The van der Waals surface area contributed by atoms with E-state index in [9.17, 15) is 9.18 Å². The molecule has 18 heavy (non-hydrogen) atoms. The lowest BCUT2D eigenvalue weighted by Gasteiger charge is -2.07. The lowest BCUT2D eigenvalue weighted by Crippen LogP contribution is -2.06. The summed E-state index contributed by atoms with van der Waals surface area (Å²) in [5, 5.41) is 0. The first-order valence-corrected chi connectivity index (χ1v) is 5.75. The van der Waals surface area contributed by atoms with Gasteiger partial charge in [-0.3, -0.25) is 0 Å². The lowest BCUT2D eigenvalue weighted by atomic mass is 10.2. The van der Waals surface area contributed by atoms with Gasteiger partial charge in [0.25, 0.3) is 0 Å². The fraction of sp³-hybridized carbons (Fsp3) is 0.357. The van der Waals surface area contributed by atoms with Crippen molar-refractivity contribution in [2.24, 2.45) is 0 Å². The Kier molecular flexibility index (Phi) is 5.36. The van der Waals surface area contributed by atoms with Crippen LogP contribution in [0.15, 0.2) is 29.8 Å². The van der Waals surface area contributed by atoms with Crippen molar-refractivity contribution in [1.29, 1.82) is 0 Å². The molecule has 0 aliphatic rings. The molecule has 1 aromatic rings. The van der Waals surface area contributed by atoms with Gasteiger partial charge >= 0.3 is 5.97 Å². The Hall–Kier alpha value is -1.84. The molecular weight excluding hydrogens is 235 g/mol. The molecule has 0 amide bonds. The standard InChI is InChI=1S/C14H17FO3/c1-4-11(14(16)17-3)8-9-18-12-7-5-6-10(2)13(12)15/h5-8H,4,9H2,1-3H3/b11-8-. The zero-order valence-corrected chi connectivity index (χ0v) is 10.8. The topological polar surface area (TPSA) is 35.5 Å². The number of hydrogen-bond donors (Lipinski definition) is 0. The van der Waals surface area contributed by atoms with Crippen molar-refractivity contribution in [2.75, 3.05) is 13.7 Å². The van der Waals surface area contributed by atoms with E-state index in [4.69, 9.17) is 4.74 Å². The summed E-state index contributed by atoms with van der Waals surface area (Å²) in [5.74, 6) is -0.570. The summed E-state index contributed by atoms with van der Waals surface area (Å²) in [6.07, 6.45) is 2.15. The second-order valence-corrected chi connectivity index (χ2v) is 3.77. The van der Waals surface area contributed by atoms with Crippen LogP contribution in [0.2, 0.25) is 0 Å². The Morgan fingerprint density at radius 2 is 2.17 bits per heavy atom. The van der Waals surface area contributed by atoms with E-state index in [-0.39, 0.29) is 24.1 Å². The Morgan fingerprint density at radius 3 is 2.78 bits per heavy atom. The zero-order chi connectivity index (χ0) is 13.5. The van der Waals surface area contributed by atoms with Crippen LogP contribution in [0.4, 0.5) is 4.39 Å². The number of halogens is 1. The van der Waals surface area contributed by atoms with Crippen LogP contribution < -0.4 is 4.74 Å². The third-order valence-corrected chi connectivity index (χ3v) is 2.55. The first-order chi connectivity index (χ1) is 8.60. The molecule has 0 N–H and O–H groups in total. The minimum absolute atomic E-state index is 0.138. The molecule has 0 atom stereocenters. The predicted molar refractivity (Wildman–Crippen MR) is 67.0 cm³/mol. The van der Waals surface area contributed by atoms with Crippen molar-refractivity contribution < 1.29 is 18.7 Å². The number of esters is 1. The van der Waals surface area contributed by atoms with Gasteiger partial charge in [0.1, 0.15) is 6.61 Å². The molecule has 0 radical (unpaired) electrons. The Bertz CT molecular complexity index is 452. The van der Waals surface area contributed by atoms with Crippen LogP contribution in [0.1, 0.15) is 18.9 Å². The Morgan fingerprint density at radius 1 is 1.44 bits per heavy atom. The smallest absolute Gasteiger partial charge is 0.333 e. The molecule has 0 aliphatic carbocycles. The van der Waals surface area contributed by atoms with Crippen molar-refractivity contribution in [2.45, 2.75) is 20.3 Å². The molecule has 1 aromatic carbocycles. The van der Waals surface area contributed by atoms with E-state index in [0.717, 1.165) is 0 Å². The van der Waals surface area contributed by atoms with Gasteiger partial charge in [-0.15, -0.1) is 0 Å².